The molecule has 7 heteroatoms. The Morgan fingerprint density at radius 2 is 2.12 bits per heavy atom. The number of nitrogens with one attached hydrogen (secondary N) is 4. The molecule has 4 N–H and O–H groups in total. The van der Waals surface area contributed by atoms with E-state index in [1.54, 1.807) is 0 Å². The molecule has 1 saturated heterocycles. The molecule has 7 nitrogen and oxygen atoms in total. The minimum Gasteiger partial charge on any atom is -0.317 e. The van der Waals surface area contributed by atoms with Crippen molar-refractivity contribution in [2.24, 2.45) is 0 Å². The highest BCUT2D eigenvalue weighted by Crippen LogP contribution is 2.28. The largest absolute Gasteiger partial charge is 0.317 e. The molecule has 1 aromatic heterocycles. The summed E-state index contributed by atoms with van der Waals surface area (Å²) in [4.78, 5) is 15.8. The second-order valence-electron chi connectivity index (χ2n) is 4.10. The number of hydrazine groups is 1. The van der Waals surface area contributed by atoms with Crippen molar-refractivity contribution in [3.05, 3.63) is 24.3 Å². The first-order valence-electron chi connectivity index (χ1n) is 5.38. The lowest BCUT2D eigenvalue weighted by Gasteiger charge is -2.28. The fourth-order valence-corrected chi connectivity index (χ4v) is 2.36. The Balaban J connectivity index is 1.96. The number of carbonyl (C=O) groups is 1. The summed E-state index contributed by atoms with van der Waals surface area (Å²) in [6.45, 7) is 0. The van der Waals surface area contributed by atoms with Crippen LogP contribution in [0.25, 0.3) is 11.0 Å². The van der Waals surface area contributed by atoms with Crippen molar-refractivity contribution in [2.75, 3.05) is 5.43 Å². The quantitative estimate of drug-likeness (QED) is 0.517. The van der Waals surface area contributed by atoms with Crippen molar-refractivity contribution in [1.29, 1.82) is 0 Å². The Hall–Kier alpha value is -2.28. The zero-order chi connectivity index (χ0) is 11.4. The average molecular weight is 230 g/mol. The van der Waals surface area contributed by atoms with Gasteiger partial charge in [0, 0.05) is 0 Å². The molecule has 86 valence electrons. The van der Waals surface area contributed by atoms with E-state index in [0.717, 1.165) is 11.0 Å². The molecule has 1 fully saturated rings. The molecule has 0 aliphatic carbocycles. The molecule has 2 aliphatic heterocycles. The molecule has 1 aromatic carbocycles. The standard InChI is InChI=1S/C10H10N6O/c17-10-12-7-8(13-10)16-6-4-2-1-3-5(6)11-9(16)15-14-7/h1-4,7-8,14H,(H,11,15)(H2,12,13,17)/t7-,8-/m1/s1. The molecule has 0 bridgehead atoms. The van der Waals surface area contributed by atoms with Gasteiger partial charge in [0.15, 0.2) is 0 Å². The molecule has 0 spiro atoms. The maximum atomic E-state index is 11.4. The number of urea groups is 1. The maximum Gasteiger partial charge on any atom is 0.317 e. The van der Waals surface area contributed by atoms with E-state index in [-0.39, 0.29) is 18.4 Å². The van der Waals surface area contributed by atoms with E-state index in [2.05, 4.69) is 26.5 Å². The van der Waals surface area contributed by atoms with Gasteiger partial charge in [-0.1, -0.05) is 12.1 Å². The predicted molar refractivity (Wildman–Crippen MR) is 61.0 cm³/mol. The number of benzene rings is 1. The van der Waals surface area contributed by atoms with Crippen LogP contribution in [0.5, 0.6) is 0 Å². The summed E-state index contributed by atoms with van der Waals surface area (Å²) >= 11 is 0. The van der Waals surface area contributed by atoms with Gasteiger partial charge in [0.05, 0.1) is 11.0 Å². The van der Waals surface area contributed by atoms with Crippen LogP contribution >= 0.6 is 0 Å². The Bertz CT molecular complexity index is 620. The molecule has 4 rings (SSSR count). The number of imidazole rings is 1. The van der Waals surface area contributed by atoms with Crippen LogP contribution < -0.4 is 21.5 Å². The summed E-state index contributed by atoms with van der Waals surface area (Å²) in [7, 11) is 0. The lowest BCUT2D eigenvalue weighted by molar-refractivity contribution is 0.246. The SMILES string of the molecule is O=C1N[C@@H]2NNc3nc4ccccc4n3[C@H]2N1. The van der Waals surface area contributed by atoms with Crippen molar-refractivity contribution >= 4 is 23.0 Å². The molecule has 17 heavy (non-hydrogen) atoms. The van der Waals surface area contributed by atoms with Gasteiger partial charge in [0.25, 0.3) is 0 Å². The van der Waals surface area contributed by atoms with Crippen molar-refractivity contribution in [3.63, 3.8) is 0 Å². The van der Waals surface area contributed by atoms with Gasteiger partial charge in [0.1, 0.15) is 12.3 Å². The van der Waals surface area contributed by atoms with E-state index in [0.29, 0.717) is 5.95 Å². The molecule has 3 heterocycles. The Morgan fingerprint density at radius 3 is 3.06 bits per heavy atom. The van der Waals surface area contributed by atoms with Crippen molar-refractivity contribution in [2.45, 2.75) is 12.3 Å². The molecular formula is C10H10N6O. The fraction of sp³-hybridized carbons (Fsp3) is 0.200. The summed E-state index contributed by atoms with van der Waals surface area (Å²) in [6.07, 6.45) is -0.334. The highest BCUT2D eigenvalue weighted by atomic mass is 16.2. The highest BCUT2D eigenvalue weighted by Gasteiger charge is 2.38. The van der Waals surface area contributed by atoms with Crippen LogP contribution in [0.15, 0.2) is 24.3 Å². The van der Waals surface area contributed by atoms with E-state index >= 15 is 0 Å². The summed E-state index contributed by atoms with van der Waals surface area (Å²) in [5.41, 5.74) is 7.89. The summed E-state index contributed by atoms with van der Waals surface area (Å²) < 4.78 is 1.98. The van der Waals surface area contributed by atoms with Crippen LogP contribution in [0.4, 0.5) is 10.7 Å². The molecule has 0 radical (unpaired) electrons. The average Bonchev–Trinajstić information content (AvgIpc) is 2.87. The van der Waals surface area contributed by atoms with E-state index in [4.69, 9.17) is 0 Å². The maximum absolute atomic E-state index is 11.4. The molecule has 0 unspecified atom stereocenters. The molecule has 2 aromatic rings. The zero-order valence-electron chi connectivity index (χ0n) is 8.77. The first-order chi connectivity index (χ1) is 8.33. The summed E-state index contributed by atoms with van der Waals surface area (Å²) in [5, 5.41) is 5.64. The summed E-state index contributed by atoms with van der Waals surface area (Å²) in [6, 6.07) is 7.65. The number of hydrogen-bond donors (Lipinski definition) is 4. The van der Waals surface area contributed by atoms with Crippen LogP contribution in [0.1, 0.15) is 6.17 Å². The zero-order valence-corrected chi connectivity index (χ0v) is 8.77. The van der Waals surface area contributed by atoms with E-state index in [1.165, 1.54) is 0 Å². The lowest BCUT2D eigenvalue weighted by atomic mass is 10.3. The normalized spacial score (nSPS) is 25.8. The van der Waals surface area contributed by atoms with Crippen LogP contribution in [0.3, 0.4) is 0 Å². The molecule has 2 aliphatic rings. The van der Waals surface area contributed by atoms with Gasteiger partial charge in [0.2, 0.25) is 5.95 Å². The Labute approximate surface area is 96.2 Å². The van der Waals surface area contributed by atoms with Crippen LogP contribution in [0.2, 0.25) is 0 Å². The van der Waals surface area contributed by atoms with Gasteiger partial charge < -0.3 is 10.6 Å². The monoisotopic (exact) mass is 230 g/mol. The number of amides is 2. The topological polar surface area (TPSA) is 83.0 Å². The number of rotatable bonds is 0. The van der Waals surface area contributed by atoms with Gasteiger partial charge >= 0.3 is 6.03 Å². The van der Waals surface area contributed by atoms with E-state index < -0.39 is 0 Å². The second-order valence-corrected chi connectivity index (χ2v) is 4.10. The smallest absolute Gasteiger partial charge is 0.317 e. The molecule has 0 saturated carbocycles. The number of anilines is 1. The Morgan fingerprint density at radius 1 is 1.24 bits per heavy atom. The number of aromatic nitrogens is 2. The molecule has 2 atom stereocenters. The summed E-state index contributed by atoms with van der Waals surface area (Å²) in [5.74, 6) is 0.705. The third kappa shape index (κ3) is 1.08. The van der Waals surface area contributed by atoms with Gasteiger partial charge in [-0.2, -0.15) is 0 Å². The molecule has 2 amide bonds. The second kappa shape index (κ2) is 2.89. The van der Waals surface area contributed by atoms with Gasteiger partial charge in [-0.25, -0.2) is 15.2 Å². The van der Waals surface area contributed by atoms with Gasteiger partial charge in [-0.15, -0.1) is 0 Å². The molecular weight excluding hydrogens is 220 g/mol. The van der Waals surface area contributed by atoms with Crippen LogP contribution in [-0.2, 0) is 0 Å². The third-order valence-electron chi connectivity index (χ3n) is 3.09. The van der Waals surface area contributed by atoms with Crippen LogP contribution in [-0.4, -0.2) is 21.7 Å². The number of nitrogens with zero attached hydrogens (tertiary/aromatic N) is 2. The lowest BCUT2D eigenvalue weighted by Crippen LogP contribution is -2.50. The van der Waals surface area contributed by atoms with Crippen molar-refractivity contribution in [1.82, 2.24) is 25.6 Å². The highest BCUT2D eigenvalue weighted by molar-refractivity contribution is 5.81. The van der Waals surface area contributed by atoms with Crippen molar-refractivity contribution < 1.29 is 4.79 Å². The van der Waals surface area contributed by atoms with E-state index in [9.17, 15) is 4.79 Å². The number of fused-ring (bicyclic) bond motifs is 5. The Kier molecular flexibility index (Phi) is 1.50. The minimum absolute atomic E-state index is 0.161. The third-order valence-corrected chi connectivity index (χ3v) is 3.09. The fourth-order valence-electron chi connectivity index (χ4n) is 2.36. The van der Waals surface area contributed by atoms with Gasteiger partial charge in [-0.05, 0) is 12.1 Å². The van der Waals surface area contributed by atoms with Crippen molar-refractivity contribution in [3.8, 4) is 0 Å². The number of carbonyl (C=O) groups excluding carboxylic acids is 1. The number of para-hydroxylation sites is 2. The minimum atomic E-state index is -0.181. The number of hydrogen-bond acceptors (Lipinski definition) is 4. The van der Waals surface area contributed by atoms with Crippen LogP contribution in [0, 0.1) is 0 Å². The predicted octanol–water partition coefficient (Wildman–Crippen LogP) is 0.104. The first kappa shape index (κ1) is 8.82. The van der Waals surface area contributed by atoms with Gasteiger partial charge in [-0.3, -0.25) is 9.99 Å². The van der Waals surface area contributed by atoms with E-state index in [1.807, 2.05) is 28.8 Å². The first-order valence-corrected chi connectivity index (χ1v) is 5.38.